The molecule has 29 heavy (non-hydrogen) atoms. The molecular weight excluding hydrogens is 390 g/mol. The van der Waals surface area contributed by atoms with Crippen LogP contribution in [0.25, 0.3) is 0 Å². The molecule has 2 rings (SSSR count). The number of halogens is 1. The highest BCUT2D eigenvalue weighted by Crippen LogP contribution is 2.29. The van der Waals surface area contributed by atoms with E-state index in [0.29, 0.717) is 24.1 Å². The van der Waals surface area contributed by atoms with E-state index in [0.717, 1.165) is 26.2 Å². The van der Waals surface area contributed by atoms with Crippen molar-refractivity contribution >= 4 is 18.3 Å². The van der Waals surface area contributed by atoms with Crippen LogP contribution in [0.3, 0.4) is 0 Å². The number of nitrogens with zero attached hydrogens (tertiary/aromatic N) is 2. The number of carbonyl (C=O) groups excluding carboxylic acids is 1. The second-order valence-electron chi connectivity index (χ2n) is 8.08. The molecule has 0 saturated carbocycles. The van der Waals surface area contributed by atoms with Gasteiger partial charge in [0.05, 0.1) is 6.61 Å². The Balaban J connectivity index is 0.00000420. The van der Waals surface area contributed by atoms with E-state index in [2.05, 4.69) is 23.2 Å². The van der Waals surface area contributed by atoms with Crippen LogP contribution >= 0.6 is 12.4 Å². The summed E-state index contributed by atoms with van der Waals surface area (Å²) in [6.45, 7) is 16.8. The topological polar surface area (TPSA) is 54.0 Å². The lowest BCUT2D eigenvalue weighted by Gasteiger charge is -2.32. The van der Waals surface area contributed by atoms with Crippen LogP contribution in [-0.2, 0) is 11.3 Å². The first-order chi connectivity index (χ1) is 13.3. The second-order valence-corrected chi connectivity index (χ2v) is 8.08. The first-order valence-electron chi connectivity index (χ1n) is 10.5. The molecule has 166 valence electrons. The molecule has 6 nitrogen and oxygen atoms in total. The first-order valence-corrected chi connectivity index (χ1v) is 10.5. The van der Waals surface area contributed by atoms with Gasteiger partial charge in [-0.1, -0.05) is 6.07 Å². The highest BCUT2D eigenvalue weighted by Gasteiger charge is 2.21. The fourth-order valence-corrected chi connectivity index (χ4v) is 3.84. The molecule has 0 spiro atoms. The van der Waals surface area contributed by atoms with Crippen LogP contribution in [0.4, 0.5) is 0 Å². The molecule has 7 heteroatoms. The predicted molar refractivity (Wildman–Crippen MR) is 120 cm³/mol. The molecule has 0 radical (unpaired) electrons. The van der Waals surface area contributed by atoms with Crippen molar-refractivity contribution in [3.8, 4) is 11.5 Å². The zero-order valence-corrected chi connectivity index (χ0v) is 19.6. The largest absolute Gasteiger partial charge is 0.490 e. The van der Waals surface area contributed by atoms with Gasteiger partial charge in [0.2, 0.25) is 0 Å². The van der Waals surface area contributed by atoms with Crippen molar-refractivity contribution in [3.63, 3.8) is 0 Å². The summed E-state index contributed by atoms with van der Waals surface area (Å²) >= 11 is 0. The van der Waals surface area contributed by atoms with Gasteiger partial charge >= 0.3 is 0 Å². The average Bonchev–Trinajstić information content (AvgIpc) is 2.60. The van der Waals surface area contributed by atoms with E-state index >= 15 is 0 Å². The minimum atomic E-state index is -0.00803. The fraction of sp³-hybridized carbons (Fsp3) is 0.682. The molecule has 1 aromatic carbocycles. The molecule has 1 amide bonds. The van der Waals surface area contributed by atoms with Crippen molar-refractivity contribution in [2.75, 3.05) is 32.8 Å². The third kappa shape index (κ3) is 7.68. The van der Waals surface area contributed by atoms with Crippen LogP contribution in [0, 0.1) is 0 Å². The maximum absolute atomic E-state index is 12.6. The molecule has 1 aromatic rings. The number of hydrogen-bond acceptors (Lipinski definition) is 5. The molecule has 0 aliphatic carbocycles. The summed E-state index contributed by atoms with van der Waals surface area (Å²) in [7, 11) is 0. The lowest BCUT2D eigenvalue weighted by atomic mass is 10.1. The highest BCUT2D eigenvalue weighted by atomic mass is 35.5. The van der Waals surface area contributed by atoms with Gasteiger partial charge in [-0.15, -0.1) is 12.4 Å². The van der Waals surface area contributed by atoms with Crippen molar-refractivity contribution < 1.29 is 14.3 Å². The number of benzene rings is 1. The Morgan fingerprint density at radius 2 is 1.90 bits per heavy atom. The Labute approximate surface area is 182 Å². The van der Waals surface area contributed by atoms with Gasteiger partial charge in [0.15, 0.2) is 18.1 Å². The minimum absolute atomic E-state index is 0. The molecular formula is C22H38ClN3O3. The van der Waals surface area contributed by atoms with Crippen molar-refractivity contribution in [2.45, 2.75) is 66.2 Å². The van der Waals surface area contributed by atoms with Gasteiger partial charge in [0, 0.05) is 44.3 Å². The molecule has 0 aromatic heterocycles. The van der Waals surface area contributed by atoms with E-state index in [1.165, 1.54) is 5.56 Å². The fourth-order valence-electron chi connectivity index (χ4n) is 3.84. The smallest absolute Gasteiger partial charge is 0.260 e. The maximum atomic E-state index is 12.6. The number of hydrogen-bond donors (Lipinski definition) is 1. The highest BCUT2D eigenvalue weighted by molar-refractivity contribution is 5.85. The van der Waals surface area contributed by atoms with E-state index in [4.69, 9.17) is 9.47 Å². The second kappa shape index (κ2) is 12.3. The van der Waals surface area contributed by atoms with E-state index in [-0.39, 0.29) is 37.0 Å². The molecule has 1 aliphatic heterocycles. The first kappa shape index (κ1) is 25.5. The van der Waals surface area contributed by atoms with Crippen molar-refractivity contribution in [1.82, 2.24) is 15.1 Å². The zero-order chi connectivity index (χ0) is 20.7. The summed E-state index contributed by atoms with van der Waals surface area (Å²) < 4.78 is 11.6. The molecule has 1 fully saturated rings. The van der Waals surface area contributed by atoms with Crippen molar-refractivity contribution in [2.24, 2.45) is 0 Å². The van der Waals surface area contributed by atoms with E-state index < -0.39 is 0 Å². The van der Waals surface area contributed by atoms with Crippen molar-refractivity contribution in [1.29, 1.82) is 0 Å². The minimum Gasteiger partial charge on any atom is -0.490 e. The third-order valence-electron chi connectivity index (χ3n) is 4.92. The lowest BCUT2D eigenvalue weighted by Crippen LogP contribution is -2.48. The van der Waals surface area contributed by atoms with Crippen LogP contribution < -0.4 is 14.8 Å². The van der Waals surface area contributed by atoms with Gasteiger partial charge in [-0.3, -0.25) is 9.69 Å². The summed E-state index contributed by atoms with van der Waals surface area (Å²) in [5.74, 6) is 1.32. The molecule has 1 aliphatic rings. The SMILES string of the molecule is CCOc1cc(CN2CCN[C@H](C)C2)ccc1OCC(=O)N(C(C)C)C(C)C.Cl. The Kier molecular flexibility index (Phi) is 10.8. The normalized spacial score (nSPS) is 17.2. The molecule has 1 atom stereocenters. The molecule has 1 saturated heterocycles. The number of piperazine rings is 1. The van der Waals surface area contributed by atoms with Crippen LogP contribution in [0.5, 0.6) is 11.5 Å². The van der Waals surface area contributed by atoms with Crippen LogP contribution in [0.2, 0.25) is 0 Å². The Hall–Kier alpha value is -1.50. The quantitative estimate of drug-likeness (QED) is 0.655. The predicted octanol–water partition coefficient (Wildman–Crippen LogP) is 3.33. The standard InChI is InChI=1S/C22H37N3O3.ClH/c1-7-27-21-12-19(14-24-11-10-23-18(6)13-24)8-9-20(21)28-15-22(26)25(16(2)3)17(4)5;/h8-9,12,16-18,23H,7,10-11,13-15H2,1-6H3;1H/t18-;/m1./s1. The summed E-state index contributed by atoms with van der Waals surface area (Å²) in [6, 6.07) is 6.83. The maximum Gasteiger partial charge on any atom is 0.260 e. The van der Waals surface area contributed by atoms with E-state index in [1.54, 1.807) is 0 Å². The number of ether oxygens (including phenoxy) is 2. The van der Waals surface area contributed by atoms with Crippen LogP contribution in [-0.4, -0.2) is 66.7 Å². The molecule has 1 heterocycles. The number of nitrogens with one attached hydrogen (secondary N) is 1. The summed E-state index contributed by atoms with van der Waals surface area (Å²) in [5.41, 5.74) is 1.20. The molecule has 1 N–H and O–H groups in total. The number of carbonyl (C=O) groups is 1. The average molecular weight is 428 g/mol. The van der Waals surface area contributed by atoms with Gasteiger partial charge in [-0.25, -0.2) is 0 Å². The number of amides is 1. The summed E-state index contributed by atoms with van der Waals surface area (Å²) in [6.07, 6.45) is 0. The number of rotatable bonds is 9. The Morgan fingerprint density at radius 1 is 1.21 bits per heavy atom. The zero-order valence-electron chi connectivity index (χ0n) is 18.7. The molecule has 0 bridgehead atoms. The lowest BCUT2D eigenvalue weighted by molar-refractivity contribution is -0.137. The van der Waals surface area contributed by atoms with Gasteiger partial charge in [0.25, 0.3) is 5.91 Å². The van der Waals surface area contributed by atoms with E-state index in [9.17, 15) is 4.79 Å². The summed E-state index contributed by atoms with van der Waals surface area (Å²) in [5, 5.41) is 3.47. The van der Waals surface area contributed by atoms with E-state index in [1.807, 2.05) is 51.7 Å². The third-order valence-corrected chi connectivity index (χ3v) is 4.92. The monoisotopic (exact) mass is 427 g/mol. The Morgan fingerprint density at radius 3 is 2.48 bits per heavy atom. The van der Waals surface area contributed by atoms with Crippen LogP contribution in [0.1, 0.15) is 47.1 Å². The van der Waals surface area contributed by atoms with Crippen LogP contribution in [0.15, 0.2) is 18.2 Å². The van der Waals surface area contributed by atoms with Gasteiger partial charge in [0.1, 0.15) is 0 Å². The van der Waals surface area contributed by atoms with Gasteiger partial charge in [-0.05, 0) is 59.2 Å². The molecule has 0 unspecified atom stereocenters. The van der Waals surface area contributed by atoms with Crippen molar-refractivity contribution in [3.05, 3.63) is 23.8 Å². The summed E-state index contributed by atoms with van der Waals surface area (Å²) in [4.78, 5) is 16.9. The Bertz CT molecular complexity index is 632. The van der Waals surface area contributed by atoms with Gasteiger partial charge in [-0.2, -0.15) is 0 Å². The van der Waals surface area contributed by atoms with Gasteiger partial charge < -0.3 is 19.7 Å².